The van der Waals surface area contributed by atoms with E-state index in [1.165, 1.54) is 0 Å². The number of nitrogens with one attached hydrogen (secondary N) is 1. The number of hydrogen-bond donors (Lipinski definition) is 1. The van der Waals surface area contributed by atoms with Crippen LogP contribution in [0.5, 0.6) is 0 Å². The standard InChI is InChI=1S/C14H14N2O2.ClH/c1-16(2)8-9-7-12-10-5-3-4-6-11(10)13(17)15-14(12)18-9;/h3-7H,8H2,1-2H3,(H,15,17);1H. The number of benzene rings is 1. The van der Waals surface area contributed by atoms with Crippen LogP contribution in [0.25, 0.3) is 21.9 Å². The second-order valence-corrected chi connectivity index (χ2v) is 4.69. The van der Waals surface area contributed by atoms with Gasteiger partial charge >= 0.3 is 0 Å². The zero-order chi connectivity index (χ0) is 12.7. The van der Waals surface area contributed by atoms with Crippen LogP contribution in [0.1, 0.15) is 5.76 Å². The van der Waals surface area contributed by atoms with Gasteiger partial charge in [-0.1, -0.05) is 18.2 Å². The number of aromatic nitrogens is 1. The number of furan rings is 1. The summed E-state index contributed by atoms with van der Waals surface area (Å²) in [5.74, 6) is 0.849. The van der Waals surface area contributed by atoms with Crippen LogP contribution in [0, 0.1) is 0 Å². The third-order valence-corrected chi connectivity index (χ3v) is 2.94. The van der Waals surface area contributed by atoms with Crippen molar-refractivity contribution in [2.45, 2.75) is 6.54 Å². The second kappa shape index (κ2) is 5.07. The fraction of sp³-hybridized carbons (Fsp3) is 0.214. The first-order valence-corrected chi connectivity index (χ1v) is 5.83. The van der Waals surface area contributed by atoms with E-state index in [9.17, 15) is 4.79 Å². The normalized spacial score (nSPS) is 11.1. The third-order valence-electron chi connectivity index (χ3n) is 2.94. The van der Waals surface area contributed by atoms with E-state index < -0.39 is 0 Å². The molecule has 0 saturated heterocycles. The molecule has 0 unspecified atom stereocenters. The van der Waals surface area contributed by atoms with E-state index in [2.05, 4.69) is 4.98 Å². The van der Waals surface area contributed by atoms with E-state index >= 15 is 0 Å². The lowest BCUT2D eigenvalue weighted by Gasteiger charge is -2.04. The summed E-state index contributed by atoms with van der Waals surface area (Å²) in [7, 11) is 3.96. The van der Waals surface area contributed by atoms with Gasteiger partial charge in [-0.3, -0.25) is 9.78 Å². The van der Waals surface area contributed by atoms with Crippen molar-refractivity contribution in [3.8, 4) is 0 Å². The number of fused-ring (bicyclic) bond motifs is 3. The molecule has 4 nitrogen and oxygen atoms in total. The first-order valence-electron chi connectivity index (χ1n) is 5.83. The van der Waals surface area contributed by atoms with Gasteiger partial charge in [0.15, 0.2) is 0 Å². The highest BCUT2D eigenvalue weighted by atomic mass is 35.5. The maximum Gasteiger partial charge on any atom is 0.258 e. The van der Waals surface area contributed by atoms with Crippen molar-refractivity contribution in [1.29, 1.82) is 0 Å². The average Bonchev–Trinajstić information content (AvgIpc) is 2.71. The summed E-state index contributed by atoms with van der Waals surface area (Å²) in [4.78, 5) is 16.7. The number of pyridine rings is 1. The summed E-state index contributed by atoms with van der Waals surface area (Å²) in [6.07, 6.45) is 0. The van der Waals surface area contributed by atoms with Crippen molar-refractivity contribution in [3.63, 3.8) is 0 Å². The van der Waals surface area contributed by atoms with Gasteiger partial charge in [0.25, 0.3) is 5.56 Å². The molecule has 2 aromatic heterocycles. The van der Waals surface area contributed by atoms with Crippen molar-refractivity contribution >= 4 is 34.3 Å². The van der Waals surface area contributed by atoms with Gasteiger partial charge in [-0.25, -0.2) is 0 Å². The van der Waals surface area contributed by atoms with Crippen LogP contribution in [-0.2, 0) is 6.54 Å². The third kappa shape index (κ3) is 2.37. The van der Waals surface area contributed by atoms with E-state index in [1.54, 1.807) is 0 Å². The Hall–Kier alpha value is -1.78. The van der Waals surface area contributed by atoms with E-state index in [0.29, 0.717) is 17.6 Å². The SMILES string of the molecule is CN(C)Cc1cc2c([nH]c(=O)c3ccccc32)o1.Cl. The molecule has 100 valence electrons. The molecule has 0 bridgehead atoms. The van der Waals surface area contributed by atoms with Crippen LogP contribution < -0.4 is 5.56 Å². The molecular formula is C14H15ClN2O2. The molecule has 5 heteroatoms. The molecule has 0 aliphatic carbocycles. The summed E-state index contributed by atoms with van der Waals surface area (Å²) < 4.78 is 5.67. The molecule has 1 N–H and O–H groups in total. The predicted octanol–water partition coefficient (Wildman–Crippen LogP) is 2.76. The summed E-state index contributed by atoms with van der Waals surface area (Å²) in [5.41, 5.74) is 0.444. The first-order chi connectivity index (χ1) is 8.65. The van der Waals surface area contributed by atoms with Crippen molar-refractivity contribution in [2.75, 3.05) is 14.1 Å². The summed E-state index contributed by atoms with van der Waals surface area (Å²) >= 11 is 0. The maximum atomic E-state index is 11.9. The van der Waals surface area contributed by atoms with Crippen LogP contribution in [-0.4, -0.2) is 24.0 Å². The number of aromatic amines is 1. The van der Waals surface area contributed by atoms with Gasteiger partial charge in [-0.05, 0) is 31.6 Å². The largest absolute Gasteiger partial charge is 0.443 e. The van der Waals surface area contributed by atoms with Crippen LogP contribution in [0.3, 0.4) is 0 Å². The number of nitrogens with zero attached hydrogens (tertiary/aromatic N) is 1. The Kier molecular flexibility index (Phi) is 3.64. The molecule has 3 rings (SSSR count). The zero-order valence-electron chi connectivity index (χ0n) is 10.8. The summed E-state index contributed by atoms with van der Waals surface area (Å²) in [6, 6.07) is 9.56. The van der Waals surface area contributed by atoms with Crippen molar-refractivity contribution in [2.24, 2.45) is 0 Å². The molecule has 3 aromatic rings. The Balaban J connectivity index is 0.00000133. The topological polar surface area (TPSA) is 49.2 Å². The minimum atomic E-state index is -0.108. The molecule has 2 heterocycles. The predicted molar refractivity (Wildman–Crippen MR) is 79.0 cm³/mol. The Bertz CT molecular complexity index is 774. The van der Waals surface area contributed by atoms with Gasteiger partial charge in [-0.2, -0.15) is 0 Å². The highest BCUT2D eigenvalue weighted by Gasteiger charge is 2.10. The lowest BCUT2D eigenvalue weighted by molar-refractivity contribution is 0.357. The fourth-order valence-electron chi connectivity index (χ4n) is 2.21. The van der Waals surface area contributed by atoms with Crippen molar-refractivity contribution < 1.29 is 4.42 Å². The van der Waals surface area contributed by atoms with Gasteiger partial charge in [-0.15, -0.1) is 12.4 Å². The average molecular weight is 279 g/mol. The molecule has 0 spiro atoms. The van der Waals surface area contributed by atoms with E-state index in [1.807, 2.05) is 49.3 Å². The molecule has 0 amide bonds. The minimum absolute atomic E-state index is 0. The van der Waals surface area contributed by atoms with Gasteiger partial charge < -0.3 is 9.32 Å². The monoisotopic (exact) mass is 278 g/mol. The van der Waals surface area contributed by atoms with Gasteiger partial charge in [0.05, 0.1) is 6.54 Å². The molecule has 0 atom stereocenters. The Morgan fingerprint density at radius 3 is 2.53 bits per heavy atom. The molecule has 0 aliphatic heterocycles. The number of rotatable bonds is 2. The van der Waals surface area contributed by atoms with E-state index in [-0.39, 0.29) is 18.0 Å². The molecule has 1 aromatic carbocycles. The lowest BCUT2D eigenvalue weighted by atomic mass is 10.1. The quantitative estimate of drug-likeness (QED) is 0.784. The van der Waals surface area contributed by atoms with Gasteiger partial charge in [0.1, 0.15) is 5.76 Å². The lowest BCUT2D eigenvalue weighted by Crippen LogP contribution is -2.09. The van der Waals surface area contributed by atoms with Crippen molar-refractivity contribution in [3.05, 3.63) is 46.4 Å². The van der Waals surface area contributed by atoms with Gasteiger partial charge in [0.2, 0.25) is 5.71 Å². The van der Waals surface area contributed by atoms with Crippen LogP contribution in [0.4, 0.5) is 0 Å². The maximum absolute atomic E-state index is 11.9. The fourth-order valence-corrected chi connectivity index (χ4v) is 2.21. The first kappa shape index (κ1) is 13.6. The van der Waals surface area contributed by atoms with Crippen molar-refractivity contribution in [1.82, 2.24) is 9.88 Å². The Morgan fingerprint density at radius 1 is 1.16 bits per heavy atom. The van der Waals surface area contributed by atoms with Crippen LogP contribution in [0.2, 0.25) is 0 Å². The number of H-pyrrole nitrogens is 1. The highest BCUT2D eigenvalue weighted by Crippen LogP contribution is 2.24. The molecule has 0 radical (unpaired) electrons. The minimum Gasteiger partial charge on any atom is -0.443 e. The Labute approximate surface area is 116 Å². The van der Waals surface area contributed by atoms with E-state index in [0.717, 1.165) is 16.5 Å². The van der Waals surface area contributed by atoms with E-state index in [4.69, 9.17) is 4.42 Å². The number of halogens is 1. The molecule has 0 saturated carbocycles. The Morgan fingerprint density at radius 2 is 1.84 bits per heavy atom. The summed E-state index contributed by atoms with van der Waals surface area (Å²) in [6.45, 7) is 0.713. The zero-order valence-corrected chi connectivity index (χ0v) is 11.6. The smallest absolute Gasteiger partial charge is 0.258 e. The van der Waals surface area contributed by atoms with Crippen LogP contribution >= 0.6 is 12.4 Å². The molecule has 19 heavy (non-hydrogen) atoms. The molecule has 0 fully saturated rings. The van der Waals surface area contributed by atoms with Gasteiger partial charge in [0, 0.05) is 10.8 Å². The summed E-state index contributed by atoms with van der Waals surface area (Å²) in [5, 5.41) is 2.59. The number of hydrogen-bond acceptors (Lipinski definition) is 3. The highest BCUT2D eigenvalue weighted by molar-refractivity contribution is 6.03. The van der Waals surface area contributed by atoms with Crippen LogP contribution in [0.15, 0.2) is 39.5 Å². The second-order valence-electron chi connectivity index (χ2n) is 4.69. The molecular weight excluding hydrogens is 264 g/mol. The molecule has 0 aliphatic rings.